The van der Waals surface area contributed by atoms with Crippen LogP contribution in [-0.2, 0) is 15.6 Å². The molecule has 136 valence electrons. The van der Waals surface area contributed by atoms with Gasteiger partial charge in [-0.2, -0.15) is 0 Å². The third-order valence-corrected chi connectivity index (χ3v) is 4.09. The number of carbonyl (C=O) groups is 1. The lowest BCUT2D eigenvalue weighted by Crippen LogP contribution is -2.16. The van der Waals surface area contributed by atoms with Crippen LogP contribution in [0, 0.1) is 0 Å². The molecule has 25 heavy (non-hydrogen) atoms. The van der Waals surface area contributed by atoms with Crippen molar-refractivity contribution in [3.8, 4) is 0 Å². The first kappa shape index (κ1) is 19.2. The summed E-state index contributed by atoms with van der Waals surface area (Å²) in [6, 6.07) is 6.60. The summed E-state index contributed by atoms with van der Waals surface area (Å²) in [4.78, 5) is 10.7. The van der Waals surface area contributed by atoms with Crippen molar-refractivity contribution in [2.24, 2.45) is 0 Å². The highest BCUT2D eigenvalue weighted by atomic mass is 16.4. The van der Waals surface area contributed by atoms with Gasteiger partial charge in [0.05, 0.1) is 0 Å². The van der Waals surface area contributed by atoms with E-state index in [0.29, 0.717) is 12.5 Å². The van der Waals surface area contributed by atoms with Crippen molar-refractivity contribution in [3.63, 3.8) is 0 Å². The number of hydrogen-bond acceptors (Lipinski definition) is 1. The van der Waals surface area contributed by atoms with E-state index in [9.17, 15) is 4.79 Å². The molecular formula is C23H32O2. The summed E-state index contributed by atoms with van der Waals surface area (Å²) in [7, 11) is 0. The normalized spacial score (nSPS) is 14.8. The second-order valence-electron chi connectivity index (χ2n) is 8.37. The van der Waals surface area contributed by atoms with E-state index in [1.165, 1.54) is 17.2 Å². The molecule has 0 atom stereocenters. The minimum atomic E-state index is -0.937. The zero-order valence-corrected chi connectivity index (χ0v) is 16.6. The van der Waals surface area contributed by atoms with Crippen molar-refractivity contribution in [3.05, 3.63) is 64.8 Å². The Labute approximate surface area is 154 Å². The molecule has 0 spiro atoms. The van der Waals surface area contributed by atoms with Gasteiger partial charge in [0.15, 0.2) is 0 Å². The Kier molecular flexibility index (Phi) is 6.05. The Bertz CT molecular complexity index is 744. The van der Waals surface area contributed by atoms with Gasteiger partial charge in [0.25, 0.3) is 0 Å². The van der Waals surface area contributed by atoms with E-state index in [0.717, 1.165) is 11.1 Å². The molecule has 0 fully saturated rings. The maximum Gasteiger partial charge on any atom is 0.328 e. The van der Waals surface area contributed by atoms with Crippen LogP contribution >= 0.6 is 0 Å². The fraction of sp³-hybridized carbons (Fsp3) is 0.435. The molecule has 0 unspecified atom stereocenters. The van der Waals surface area contributed by atoms with Gasteiger partial charge in [-0.25, -0.2) is 4.79 Å². The number of carboxylic acid groups (broad SMARTS) is 1. The van der Waals surface area contributed by atoms with Gasteiger partial charge in [0.2, 0.25) is 0 Å². The molecule has 0 aromatic heterocycles. The molecule has 0 aliphatic heterocycles. The molecule has 0 saturated heterocycles. The Morgan fingerprint density at radius 2 is 1.60 bits per heavy atom. The quantitative estimate of drug-likeness (QED) is 0.517. The van der Waals surface area contributed by atoms with E-state index < -0.39 is 5.97 Å². The molecule has 2 heteroatoms. The molecule has 0 aliphatic carbocycles. The molecule has 1 aromatic carbocycles. The van der Waals surface area contributed by atoms with Crippen LogP contribution in [-0.4, -0.2) is 11.1 Å². The molecular weight excluding hydrogens is 308 g/mol. The zero-order chi connectivity index (χ0) is 20.1. The molecule has 0 amide bonds. The molecule has 0 aliphatic rings. The fourth-order valence-corrected chi connectivity index (χ4v) is 2.36. The highest BCUT2D eigenvalue weighted by Gasteiger charge is 2.20. The first-order valence-corrected chi connectivity index (χ1v) is 8.58. The predicted molar refractivity (Wildman–Crippen MR) is 108 cm³/mol. The van der Waals surface area contributed by atoms with Gasteiger partial charge in [-0.15, -0.1) is 0 Å². The highest BCUT2D eigenvalue weighted by molar-refractivity contribution is 5.81. The molecule has 0 saturated carbocycles. The van der Waals surface area contributed by atoms with Crippen LogP contribution in [0.5, 0.6) is 0 Å². The summed E-state index contributed by atoms with van der Waals surface area (Å²) in [6.07, 6.45) is 6.86. The maximum absolute atomic E-state index is 10.7. The topological polar surface area (TPSA) is 37.3 Å². The minimum absolute atomic E-state index is 0.0276. The summed E-state index contributed by atoms with van der Waals surface area (Å²) in [5.41, 5.74) is 5.20. The SMILES string of the molecule is [3H]CC(C)(C)c1cc(/C(C)=C/C=C/C(C)=C/C(=O)O)cc(C(C)(C)C)c1. The highest BCUT2D eigenvalue weighted by Crippen LogP contribution is 2.32. The average molecular weight is 343 g/mol. The van der Waals surface area contributed by atoms with Gasteiger partial charge in [-0.05, 0) is 52.5 Å². The Morgan fingerprint density at radius 1 is 1.04 bits per heavy atom. The third-order valence-electron chi connectivity index (χ3n) is 4.09. The van der Waals surface area contributed by atoms with Crippen LogP contribution in [0.4, 0.5) is 0 Å². The van der Waals surface area contributed by atoms with Crippen LogP contribution in [0.3, 0.4) is 0 Å². The van der Waals surface area contributed by atoms with Gasteiger partial charge in [-0.1, -0.05) is 77.9 Å². The smallest absolute Gasteiger partial charge is 0.328 e. The van der Waals surface area contributed by atoms with Gasteiger partial charge in [0.1, 0.15) is 0 Å². The monoisotopic (exact) mass is 342 g/mol. The Balaban J connectivity index is 3.34. The number of aliphatic carboxylic acids is 1. The molecule has 2 nitrogen and oxygen atoms in total. The van der Waals surface area contributed by atoms with Crippen LogP contribution in [0.25, 0.3) is 5.57 Å². The first-order chi connectivity index (χ1) is 11.9. The first-order valence-electron chi connectivity index (χ1n) is 9.29. The van der Waals surface area contributed by atoms with E-state index in [4.69, 9.17) is 6.48 Å². The van der Waals surface area contributed by atoms with Crippen LogP contribution in [0.15, 0.2) is 48.1 Å². The predicted octanol–water partition coefficient (Wildman–Crippen LogP) is 6.27. The van der Waals surface area contributed by atoms with Crippen molar-refractivity contribution >= 4 is 11.5 Å². The van der Waals surface area contributed by atoms with E-state index >= 15 is 0 Å². The van der Waals surface area contributed by atoms with Gasteiger partial charge in [-0.3, -0.25) is 0 Å². The summed E-state index contributed by atoms with van der Waals surface area (Å²) in [5, 5.41) is 8.77. The summed E-state index contributed by atoms with van der Waals surface area (Å²) < 4.78 is 7.88. The van der Waals surface area contributed by atoms with E-state index in [-0.39, 0.29) is 10.8 Å². The Morgan fingerprint density at radius 3 is 2.08 bits per heavy atom. The van der Waals surface area contributed by atoms with Crippen molar-refractivity contribution in [1.29, 1.82) is 0 Å². The summed E-state index contributed by atoms with van der Waals surface area (Å²) in [6.45, 7) is 15.0. The second kappa shape index (κ2) is 7.86. The maximum atomic E-state index is 10.7. The van der Waals surface area contributed by atoms with Gasteiger partial charge < -0.3 is 5.11 Å². The molecule has 0 bridgehead atoms. The van der Waals surface area contributed by atoms with Crippen molar-refractivity contribution in [2.45, 2.75) is 66.2 Å². The zero-order valence-electron chi connectivity index (χ0n) is 17.6. The lowest BCUT2D eigenvalue weighted by Gasteiger charge is -2.26. The van der Waals surface area contributed by atoms with Gasteiger partial charge in [0, 0.05) is 7.45 Å². The molecule has 1 N–H and O–H groups in total. The van der Waals surface area contributed by atoms with Crippen molar-refractivity contribution in [1.82, 2.24) is 0 Å². The largest absolute Gasteiger partial charge is 0.478 e. The van der Waals surface area contributed by atoms with E-state index in [2.05, 4.69) is 59.7 Å². The van der Waals surface area contributed by atoms with Crippen LogP contribution < -0.4 is 0 Å². The van der Waals surface area contributed by atoms with Crippen LogP contribution in [0.2, 0.25) is 0 Å². The summed E-state index contributed by atoms with van der Waals surface area (Å²) in [5.74, 6) is -0.937. The summed E-state index contributed by atoms with van der Waals surface area (Å²) >= 11 is 0. The molecule has 1 rings (SSSR count). The van der Waals surface area contributed by atoms with Crippen molar-refractivity contribution in [2.75, 3.05) is 0 Å². The molecule has 1 aromatic rings. The number of allylic oxidation sites excluding steroid dienone is 5. The lowest BCUT2D eigenvalue weighted by atomic mass is 9.79. The average Bonchev–Trinajstić information content (AvgIpc) is 2.52. The standard InChI is InChI=1S/C23H32O2/c1-16(12-21(24)25)10-9-11-17(2)18-13-19(22(3,4)5)15-20(14-18)23(6,7)8/h9-15H,1-8H3,(H,24,25)/b10-9+,16-12+,17-11+/i3T. The fourth-order valence-electron chi connectivity index (χ4n) is 2.36. The third kappa shape index (κ3) is 6.74. The lowest BCUT2D eigenvalue weighted by molar-refractivity contribution is -0.131. The number of carboxylic acids is 1. The van der Waals surface area contributed by atoms with Crippen LogP contribution in [0.1, 0.15) is 73.4 Å². The second-order valence-corrected chi connectivity index (χ2v) is 8.37. The van der Waals surface area contributed by atoms with Crippen molar-refractivity contribution < 1.29 is 11.3 Å². The van der Waals surface area contributed by atoms with E-state index in [1.807, 2.05) is 12.2 Å². The number of rotatable bonds is 4. The number of benzene rings is 1. The van der Waals surface area contributed by atoms with Gasteiger partial charge >= 0.3 is 5.97 Å². The molecule has 0 radical (unpaired) electrons. The Hall–Kier alpha value is -2.09. The van der Waals surface area contributed by atoms with E-state index in [1.54, 1.807) is 13.0 Å². The minimum Gasteiger partial charge on any atom is -0.478 e. The number of hydrogen-bond donors (Lipinski definition) is 1. The molecule has 0 heterocycles.